The Morgan fingerprint density at radius 2 is 2.32 bits per heavy atom. The summed E-state index contributed by atoms with van der Waals surface area (Å²) in [5, 5.41) is 20.6. The zero-order chi connectivity index (χ0) is 15.9. The van der Waals surface area contributed by atoms with Crippen LogP contribution in [0.15, 0.2) is 30.5 Å². The predicted octanol–water partition coefficient (Wildman–Crippen LogP) is 2.06. The van der Waals surface area contributed by atoms with Crippen LogP contribution in [0.3, 0.4) is 0 Å². The lowest BCUT2D eigenvalue weighted by Crippen LogP contribution is -2.30. The Balaban J connectivity index is 2.00. The third-order valence-corrected chi connectivity index (χ3v) is 3.66. The Morgan fingerprint density at radius 1 is 1.50 bits per heavy atom. The summed E-state index contributed by atoms with van der Waals surface area (Å²) >= 11 is 5.93. The van der Waals surface area contributed by atoms with E-state index in [1.807, 2.05) is 13.0 Å². The van der Waals surface area contributed by atoms with Gasteiger partial charge in [-0.15, -0.1) is 5.10 Å². The van der Waals surface area contributed by atoms with E-state index < -0.39 is 0 Å². The van der Waals surface area contributed by atoms with Crippen LogP contribution < -0.4 is 5.32 Å². The molecule has 0 bridgehead atoms. The first-order valence-corrected chi connectivity index (χ1v) is 7.59. The molecule has 0 aliphatic rings. The molecule has 0 saturated carbocycles. The molecule has 1 amide bonds. The normalized spacial score (nSPS) is 12.1. The topological polar surface area (TPSA) is 80.0 Å². The Labute approximate surface area is 134 Å². The maximum Gasteiger partial charge on any atom is 0.273 e. The van der Waals surface area contributed by atoms with Crippen molar-refractivity contribution < 1.29 is 9.90 Å². The summed E-state index contributed by atoms with van der Waals surface area (Å²) in [7, 11) is 0. The molecule has 0 radical (unpaired) electrons. The van der Waals surface area contributed by atoms with Gasteiger partial charge in [0.05, 0.1) is 11.9 Å². The molecular weight excluding hydrogens is 304 g/mol. The van der Waals surface area contributed by atoms with Gasteiger partial charge in [-0.1, -0.05) is 31.0 Å². The maximum atomic E-state index is 12.1. The summed E-state index contributed by atoms with van der Waals surface area (Å²) in [6.07, 6.45) is 2.99. The molecule has 0 fully saturated rings. The second-order valence-corrected chi connectivity index (χ2v) is 5.43. The Bertz CT molecular complexity index is 630. The first-order chi connectivity index (χ1) is 10.6. The molecule has 118 valence electrons. The highest BCUT2D eigenvalue weighted by Gasteiger charge is 2.13. The third-order valence-electron chi connectivity index (χ3n) is 3.43. The monoisotopic (exact) mass is 322 g/mol. The molecule has 0 spiro atoms. The van der Waals surface area contributed by atoms with E-state index in [0.29, 0.717) is 23.7 Å². The minimum atomic E-state index is -0.273. The van der Waals surface area contributed by atoms with E-state index in [2.05, 4.69) is 15.5 Å². The fourth-order valence-corrected chi connectivity index (χ4v) is 2.24. The van der Waals surface area contributed by atoms with Gasteiger partial charge >= 0.3 is 0 Å². The number of aliphatic hydroxyl groups is 1. The summed E-state index contributed by atoms with van der Waals surface area (Å²) in [4.78, 5) is 13.4. The van der Waals surface area contributed by atoms with Crippen LogP contribution in [0.4, 0.5) is 0 Å². The molecule has 7 heteroatoms. The highest BCUT2D eigenvalue weighted by molar-refractivity contribution is 6.30. The van der Waals surface area contributed by atoms with E-state index >= 15 is 0 Å². The van der Waals surface area contributed by atoms with Crippen molar-refractivity contribution >= 4 is 17.5 Å². The average Bonchev–Trinajstić information content (AvgIpc) is 3.01. The molecule has 1 aromatic carbocycles. The van der Waals surface area contributed by atoms with Gasteiger partial charge < -0.3 is 10.4 Å². The van der Waals surface area contributed by atoms with Gasteiger partial charge in [-0.05, 0) is 30.5 Å². The smallest absolute Gasteiger partial charge is 0.273 e. The van der Waals surface area contributed by atoms with Gasteiger partial charge in [0.1, 0.15) is 0 Å². The van der Waals surface area contributed by atoms with Gasteiger partial charge in [-0.25, -0.2) is 0 Å². The molecule has 2 aromatic rings. The lowest BCUT2D eigenvalue weighted by Gasteiger charge is -2.13. The minimum absolute atomic E-state index is 0.124. The number of nitrogens with zero attached hydrogens (tertiary/aromatic N) is 3. The predicted molar refractivity (Wildman–Crippen MR) is 84.2 cm³/mol. The summed E-state index contributed by atoms with van der Waals surface area (Å²) < 4.78 is 0. The van der Waals surface area contributed by atoms with Crippen LogP contribution in [0.1, 0.15) is 30.3 Å². The molecule has 2 N–H and O–H groups in total. The van der Waals surface area contributed by atoms with Crippen LogP contribution in [0, 0.1) is 5.92 Å². The standard InChI is InChI=1S/C15H19ClN4O2/c1-2-11(6-7-21)9-17-15(22)14-10-18-20(19-14)13-5-3-4-12(16)8-13/h3-5,8,10-11,21H,2,6-7,9H2,1H3,(H,17,22). The molecule has 6 nitrogen and oxygen atoms in total. The summed E-state index contributed by atoms with van der Waals surface area (Å²) in [5.41, 5.74) is 0.942. The number of benzene rings is 1. The van der Waals surface area contributed by atoms with Crippen LogP contribution in [0.5, 0.6) is 0 Å². The van der Waals surface area contributed by atoms with Gasteiger partial charge in [-0.3, -0.25) is 4.79 Å². The van der Waals surface area contributed by atoms with Crippen LogP contribution in [0.2, 0.25) is 5.02 Å². The van der Waals surface area contributed by atoms with E-state index in [0.717, 1.165) is 6.42 Å². The van der Waals surface area contributed by atoms with Crippen molar-refractivity contribution in [2.24, 2.45) is 5.92 Å². The Hall–Kier alpha value is -1.92. The summed E-state index contributed by atoms with van der Waals surface area (Å²) in [5.74, 6) is -0.0124. The van der Waals surface area contributed by atoms with Gasteiger partial charge in [0, 0.05) is 18.2 Å². The fraction of sp³-hybridized carbons (Fsp3) is 0.400. The van der Waals surface area contributed by atoms with Crippen molar-refractivity contribution in [1.29, 1.82) is 0 Å². The molecule has 1 unspecified atom stereocenters. The highest BCUT2D eigenvalue weighted by atomic mass is 35.5. The van der Waals surface area contributed by atoms with Crippen molar-refractivity contribution in [1.82, 2.24) is 20.3 Å². The molecule has 0 saturated heterocycles. The zero-order valence-electron chi connectivity index (χ0n) is 12.4. The summed E-state index contributed by atoms with van der Waals surface area (Å²) in [6.45, 7) is 2.67. The first-order valence-electron chi connectivity index (χ1n) is 7.21. The van der Waals surface area contributed by atoms with Crippen LogP contribution in [-0.4, -0.2) is 39.2 Å². The van der Waals surface area contributed by atoms with Crippen LogP contribution >= 0.6 is 11.6 Å². The van der Waals surface area contributed by atoms with E-state index in [4.69, 9.17) is 16.7 Å². The van der Waals surface area contributed by atoms with Crippen LogP contribution in [-0.2, 0) is 0 Å². The molecule has 0 aliphatic heterocycles. The van der Waals surface area contributed by atoms with Crippen molar-refractivity contribution in [2.45, 2.75) is 19.8 Å². The number of carbonyl (C=O) groups excluding carboxylic acids is 1. The SMILES string of the molecule is CCC(CCO)CNC(=O)c1cnn(-c2cccc(Cl)c2)n1. The number of hydrogen-bond donors (Lipinski definition) is 2. The zero-order valence-corrected chi connectivity index (χ0v) is 13.1. The van der Waals surface area contributed by atoms with Crippen molar-refractivity contribution in [3.8, 4) is 5.69 Å². The molecule has 2 rings (SSSR count). The van der Waals surface area contributed by atoms with E-state index in [1.54, 1.807) is 18.2 Å². The second-order valence-electron chi connectivity index (χ2n) is 5.00. The van der Waals surface area contributed by atoms with Gasteiger partial charge in [-0.2, -0.15) is 9.90 Å². The van der Waals surface area contributed by atoms with Crippen molar-refractivity contribution in [3.05, 3.63) is 41.2 Å². The van der Waals surface area contributed by atoms with Gasteiger partial charge in [0.25, 0.3) is 5.91 Å². The molecule has 1 atom stereocenters. The van der Waals surface area contributed by atoms with E-state index in [1.165, 1.54) is 11.0 Å². The molecule has 22 heavy (non-hydrogen) atoms. The third kappa shape index (κ3) is 4.29. The number of nitrogens with one attached hydrogen (secondary N) is 1. The fourth-order valence-electron chi connectivity index (χ4n) is 2.05. The van der Waals surface area contributed by atoms with Crippen molar-refractivity contribution in [2.75, 3.05) is 13.2 Å². The quantitative estimate of drug-likeness (QED) is 0.817. The number of aromatic nitrogens is 3. The number of hydrogen-bond acceptors (Lipinski definition) is 4. The lowest BCUT2D eigenvalue weighted by atomic mass is 10.0. The maximum absolute atomic E-state index is 12.1. The molecule has 1 heterocycles. The number of rotatable bonds is 7. The second kappa shape index (κ2) is 7.91. The van der Waals surface area contributed by atoms with Gasteiger partial charge in [0.2, 0.25) is 0 Å². The minimum Gasteiger partial charge on any atom is -0.396 e. The number of amides is 1. The first kappa shape index (κ1) is 16.5. The Kier molecular flexibility index (Phi) is 5.91. The van der Waals surface area contributed by atoms with E-state index in [9.17, 15) is 4.79 Å². The van der Waals surface area contributed by atoms with Crippen molar-refractivity contribution in [3.63, 3.8) is 0 Å². The van der Waals surface area contributed by atoms with Gasteiger partial charge in [0.15, 0.2) is 5.69 Å². The van der Waals surface area contributed by atoms with Crippen LogP contribution in [0.25, 0.3) is 5.69 Å². The number of aliphatic hydroxyl groups excluding tert-OH is 1. The summed E-state index contributed by atoms with van der Waals surface area (Å²) in [6, 6.07) is 7.08. The largest absolute Gasteiger partial charge is 0.396 e. The highest BCUT2D eigenvalue weighted by Crippen LogP contribution is 2.13. The molecular formula is C15H19ClN4O2. The molecule has 0 aliphatic carbocycles. The molecule has 1 aromatic heterocycles. The Morgan fingerprint density at radius 3 is 3.00 bits per heavy atom. The lowest BCUT2D eigenvalue weighted by molar-refractivity contribution is 0.0938. The van der Waals surface area contributed by atoms with E-state index in [-0.39, 0.29) is 24.1 Å². The number of halogens is 1. The number of carbonyl (C=O) groups is 1. The average molecular weight is 323 g/mol.